The van der Waals surface area contributed by atoms with Gasteiger partial charge in [0.15, 0.2) is 0 Å². The average Bonchev–Trinajstić information content (AvgIpc) is 3.16. The number of likely N-dealkylation sites (tertiary alicyclic amines) is 1. The van der Waals surface area contributed by atoms with E-state index >= 15 is 0 Å². The van der Waals surface area contributed by atoms with Crippen LogP contribution >= 0.6 is 0 Å². The van der Waals surface area contributed by atoms with E-state index < -0.39 is 0 Å². The molecule has 0 saturated carbocycles. The number of fused-ring (bicyclic) bond motifs is 1. The summed E-state index contributed by atoms with van der Waals surface area (Å²) in [5.41, 5.74) is 2.67. The number of aliphatic hydroxyl groups excluding tert-OH is 1. The molecular formula is C21H19FN2O2. The molecule has 5 heteroatoms. The Hall–Kier alpha value is -2.79. The number of para-hydroxylation sites is 1. The second kappa shape index (κ2) is 6.84. The third kappa shape index (κ3) is 2.95. The lowest BCUT2D eigenvalue weighted by atomic mass is 10.0. The normalized spacial score (nSPS) is 17.0. The van der Waals surface area contributed by atoms with Crippen LogP contribution < -0.4 is 0 Å². The highest BCUT2D eigenvalue weighted by Crippen LogP contribution is 2.28. The number of carbonyl (C=O) groups excluding carboxylic acids is 1. The van der Waals surface area contributed by atoms with Gasteiger partial charge in [0.05, 0.1) is 29.4 Å². The molecule has 3 aromatic rings. The summed E-state index contributed by atoms with van der Waals surface area (Å²) in [6.07, 6.45) is 1.71. The number of benzene rings is 2. The molecule has 26 heavy (non-hydrogen) atoms. The average molecular weight is 350 g/mol. The summed E-state index contributed by atoms with van der Waals surface area (Å²) in [5, 5.41) is 10.3. The van der Waals surface area contributed by atoms with Crippen LogP contribution in [0.1, 0.15) is 23.2 Å². The van der Waals surface area contributed by atoms with E-state index in [1.54, 1.807) is 23.1 Å². The van der Waals surface area contributed by atoms with Crippen molar-refractivity contribution in [1.82, 2.24) is 9.88 Å². The van der Waals surface area contributed by atoms with Gasteiger partial charge in [-0.25, -0.2) is 9.37 Å². The van der Waals surface area contributed by atoms with Crippen LogP contribution in [0.5, 0.6) is 0 Å². The van der Waals surface area contributed by atoms with Gasteiger partial charge < -0.3 is 10.0 Å². The smallest absolute Gasteiger partial charge is 0.254 e. The number of aromatic nitrogens is 1. The van der Waals surface area contributed by atoms with Crippen LogP contribution in [0.25, 0.3) is 22.2 Å². The molecule has 4 rings (SSSR count). The van der Waals surface area contributed by atoms with Crippen LogP contribution in [-0.2, 0) is 0 Å². The number of pyridine rings is 1. The summed E-state index contributed by atoms with van der Waals surface area (Å²) in [7, 11) is 0. The van der Waals surface area contributed by atoms with Gasteiger partial charge in [-0.05, 0) is 49.2 Å². The Morgan fingerprint density at radius 1 is 1.19 bits per heavy atom. The van der Waals surface area contributed by atoms with Crippen molar-refractivity contribution in [2.24, 2.45) is 0 Å². The lowest BCUT2D eigenvalue weighted by Crippen LogP contribution is -2.37. The topological polar surface area (TPSA) is 53.4 Å². The second-order valence-corrected chi connectivity index (χ2v) is 6.56. The first kappa shape index (κ1) is 16.7. The highest BCUT2D eigenvalue weighted by Gasteiger charge is 2.30. The standard InChI is InChI=1S/C21H19FN2O2/c22-15-9-7-14(8-10-15)20-12-18(17-5-1-2-6-19(17)23-20)21(26)24-11-3-4-16(24)13-25/h1-2,5-10,12,16,25H,3-4,11,13H2/t16-/m0/s1. The number of rotatable bonds is 3. The van der Waals surface area contributed by atoms with Crippen molar-refractivity contribution in [1.29, 1.82) is 0 Å². The maximum atomic E-state index is 13.2. The summed E-state index contributed by atoms with van der Waals surface area (Å²) in [6, 6.07) is 15.2. The minimum absolute atomic E-state index is 0.0282. The number of halogens is 1. The molecule has 1 aliphatic rings. The molecule has 0 bridgehead atoms. The van der Waals surface area contributed by atoms with Crippen molar-refractivity contribution in [2.45, 2.75) is 18.9 Å². The minimum Gasteiger partial charge on any atom is -0.394 e. The largest absolute Gasteiger partial charge is 0.394 e. The number of amides is 1. The van der Waals surface area contributed by atoms with Crippen molar-refractivity contribution in [3.8, 4) is 11.3 Å². The SMILES string of the molecule is O=C(c1cc(-c2ccc(F)cc2)nc2ccccc12)N1CCC[C@H]1CO. The molecule has 1 aromatic heterocycles. The van der Waals surface area contributed by atoms with E-state index in [1.807, 2.05) is 24.3 Å². The minimum atomic E-state index is -0.311. The molecule has 0 unspecified atom stereocenters. The second-order valence-electron chi connectivity index (χ2n) is 6.56. The zero-order chi connectivity index (χ0) is 18.1. The Labute approximate surface area is 150 Å². The van der Waals surface area contributed by atoms with E-state index in [2.05, 4.69) is 4.98 Å². The van der Waals surface area contributed by atoms with Gasteiger partial charge in [-0.15, -0.1) is 0 Å². The fourth-order valence-electron chi connectivity index (χ4n) is 3.57. The molecule has 0 radical (unpaired) electrons. The summed E-state index contributed by atoms with van der Waals surface area (Å²) < 4.78 is 13.2. The van der Waals surface area contributed by atoms with Gasteiger partial charge in [-0.1, -0.05) is 18.2 Å². The van der Waals surface area contributed by atoms with E-state index in [4.69, 9.17) is 0 Å². The van der Waals surface area contributed by atoms with Crippen LogP contribution in [0, 0.1) is 5.82 Å². The number of nitrogens with zero attached hydrogens (tertiary/aromatic N) is 2. The molecule has 1 saturated heterocycles. The lowest BCUT2D eigenvalue weighted by molar-refractivity contribution is 0.0679. The molecule has 1 atom stereocenters. The van der Waals surface area contributed by atoms with Crippen molar-refractivity contribution in [3.05, 3.63) is 66.0 Å². The van der Waals surface area contributed by atoms with Crippen LogP contribution in [0.4, 0.5) is 4.39 Å². The number of hydrogen-bond acceptors (Lipinski definition) is 3. The Morgan fingerprint density at radius 2 is 1.96 bits per heavy atom. The van der Waals surface area contributed by atoms with Crippen molar-refractivity contribution in [3.63, 3.8) is 0 Å². The predicted octanol–water partition coefficient (Wildman–Crippen LogP) is 3.64. The third-order valence-corrected chi connectivity index (χ3v) is 4.94. The highest BCUT2D eigenvalue weighted by molar-refractivity contribution is 6.07. The first-order chi connectivity index (χ1) is 12.7. The van der Waals surface area contributed by atoms with E-state index in [0.29, 0.717) is 17.8 Å². The Morgan fingerprint density at radius 3 is 2.73 bits per heavy atom. The molecule has 1 N–H and O–H groups in total. The van der Waals surface area contributed by atoms with Gasteiger partial charge in [0.2, 0.25) is 0 Å². The maximum Gasteiger partial charge on any atom is 0.254 e. The molecule has 2 heterocycles. The Balaban J connectivity index is 1.84. The molecule has 1 amide bonds. The van der Waals surface area contributed by atoms with Gasteiger partial charge in [0, 0.05) is 17.5 Å². The van der Waals surface area contributed by atoms with E-state index in [-0.39, 0.29) is 24.4 Å². The van der Waals surface area contributed by atoms with Gasteiger partial charge in [0.25, 0.3) is 5.91 Å². The molecule has 2 aromatic carbocycles. The number of hydrogen-bond donors (Lipinski definition) is 1. The van der Waals surface area contributed by atoms with Crippen LogP contribution in [0.3, 0.4) is 0 Å². The zero-order valence-electron chi connectivity index (χ0n) is 14.2. The van der Waals surface area contributed by atoms with E-state index in [9.17, 15) is 14.3 Å². The molecular weight excluding hydrogens is 331 g/mol. The molecule has 132 valence electrons. The van der Waals surface area contributed by atoms with Crippen LogP contribution in [0.15, 0.2) is 54.6 Å². The van der Waals surface area contributed by atoms with E-state index in [1.165, 1.54) is 12.1 Å². The molecule has 1 aliphatic heterocycles. The van der Waals surface area contributed by atoms with Crippen LogP contribution in [0.2, 0.25) is 0 Å². The van der Waals surface area contributed by atoms with Gasteiger partial charge in [-0.2, -0.15) is 0 Å². The number of aliphatic hydroxyl groups is 1. The van der Waals surface area contributed by atoms with E-state index in [0.717, 1.165) is 29.3 Å². The summed E-state index contributed by atoms with van der Waals surface area (Å²) in [4.78, 5) is 19.6. The molecule has 4 nitrogen and oxygen atoms in total. The van der Waals surface area contributed by atoms with Crippen LogP contribution in [-0.4, -0.2) is 40.1 Å². The summed E-state index contributed by atoms with van der Waals surface area (Å²) >= 11 is 0. The van der Waals surface area contributed by atoms with Crippen molar-refractivity contribution >= 4 is 16.8 Å². The quantitative estimate of drug-likeness (QED) is 0.785. The fraction of sp³-hybridized carbons (Fsp3) is 0.238. The van der Waals surface area contributed by atoms with Gasteiger partial charge in [0.1, 0.15) is 5.82 Å². The monoisotopic (exact) mass is 350 g/mol. The van der Waals surface area contributed by atoms with Gasteiger partial charge in [-0.3, -0.25) is 4.79 Å². The molecule has 0 spiro atoms. The maximum absolute atomic E-state index is 13.2. The molecule has 1 fully saturated rings. The summed E-state index contributed by atoms with van der Waals surface area (Å²) in [5.74, 6) is -0.405. The predicted molar refractivity (Wildman–Crippen MR) is 98.3 cm³/mol. The van der Waals surface area contributed by atoms with Crippen molar-refractivity contribution < 1.29 is 14.3 Å². The Bertz CT molecular complexity index is 956. The fourth-order valence-corrected chi connectivity index (χ4v) is 3.57. The lowest BCUT2D eigenvalue weighted by Gasteiger charge is -2.24. The third-order valence-electron chi connectivity index (χ3n) is 4.94. The number of carbonyl (C=O) groups is 1. The Kier molecular flexibility index (Phi) is 4.39. The van der Waals surface area contributed by atoms with Crippen molar-refractivity contribution in [2.75, 3.05) is 13.2 Å². The highest BCUT2D eigenvalue weighted by atomic mass is 19.1. The molecule has 0 aliphatic carbocycles. The first-order valence-electron chi connectivity index (χ1n) is 8.75. The summed E-state index contributed by atoms with van der Waals surface area (Å²) in [6.45, 7) is 0.617. The zero-order valence-corrected chi connectivity index (χ0v) is 14.2. The first-order valence-corrected chi connectivity index (χ1v) is 8.75. The van der Waals surface area contributed by atoms with Gasteiger partial charge >= 0.3 is 0 Å².